The highest BCUT2D eigenvalue weighted by Crippen LogP contribution is 2.31. The van der Waals surface area contributed by atoms with E-state index in [1.807, 2.05) is 12.1 Å². The van der Waals surface area contributed by atoms with Crippen molar-refractivity contribution < 1.29 is 23.1 Å². The van der Waals surface area contributed by atoms with Crippen LogP contribution >= 0.6 is 0 Å². The number of hydrogen-bond donors (Lipinski definition) is 1. The van der Waals surface area contributed by atoms with Gasteiger partial charge in [0.05, 0.1) is 0 Å². The van der Waals surface area contributed by atoms with Crippen molar-refractivity contribution in [3.8, 4) is 0 Å². The summed E-state index contributed by atoms with van der Waals surface area (Å²) in [5.41, 5.74) is 1.71. The standard InChI is InChI=1S/C14H16F3NO2/c15-14(16,17)11(13(19)20)9-18-8-4-3-6-10-5-1-2-7-12(10)18/h1-2,5,7,11H,3-4,6,8-9H2,(H,19,20). The van der Waals surface area contributed by atoms with Crippen LogP contribution in [0.2, 0.25) is 0 Å². The molecule has 0 fully saturated rings. The van der Waals surface area contributed by atoms with Gasteiger partial charge in [0, 0.05) is 18.8 Å². The van der Waals surface area contributed by atoms with Crippen molar-refractivity contribution >= 4 is 11.7 Å². The van der Waals surface area contributed by atoms with E-state index in [9.17, 15) is 18.0 Å². The molecule has 0 saturated heterocycles. The van der Waals surface area contributed by atoms with E-state index in [1.54, 1.807) is 17.0 Å². The summed E-state index contributed by atoms with van der Waals surface area (Å²) >= 11 is 0. The van der Waals surface area contributed by atoms with Crippen LogP contribution in [-0.4, -0.2) is 30.3 Å². The zero-order valence-corrected chi connectivity index (χ0v) is 10.9. The van der Waals surface area contributed by atoms with Gasteiger partial charge >= 0.3 is 12.1 Å². The Hall–Kier alpha value is -1.72. The van der Waals surface area contributed by atoms with Crippen molar-refractivity contribution in [3.05, 3.63) is 29.8 Å². The number of nitrogens with zero attached hydrogens (tertiary/aromatic N) is 1. The molecule has 0 radical (unpaired) electrons. The van der Waals surface area contributed by atoms with Crippen molar-refractivity contribution in [1.82, 2.24) is 0 Å². The summed E-state index contributed by atoms with van der Waals surface area (Å²) in [4.78, 5) is 12.4. The zero-order valence-electron chi connectivity index (χ0n) is 10.9. The van der Waals surface area contributed by atoms with Crippen LogP contribution in [0.15, 0.2) is 24.3 Å². The first-order chi connectivity index (χ1) is 9.39. The molecule has 3 nitrogen and oxygen atoms in total. The zero-order chi connectivity index (χ0) is 14.8. The number of aryl methyl sites for hydroxylation is 1. The van der Waals surface area contributed by atoms with Crippen LogP contribution in [-0.2, 0) is 11.2 Å². The highest BCUT2D eigenvalue weighted by Gasteiger charge is 2.46. The van der Waals surface area contributed by atoms with Crippen LogP contribution in [0, 0.1) is 5.92 Å². The lowest BCUT2D eigenvalue weighted by molar-refractivity contribution is -0.191. The minimum absolute atomic E-state index is 0.455. The molecule has 0 spiro atoms. The van der Waals surface area contributed by atoms with Crippen LogP contribution in [0.1, 0.15) is 18.4 Å². The second-order valence-corrected chi connectivity index (χ2v) is 4.96. The van der Waals surface area contributed by atoms with E-state index in [2.05, 4.69) is 0 Å². The summed E-state index contributed by atoms with van der Waals surface area (Å²) in [6, 6.07) is 7.26. The fourth-order valence-corrected chi connectivity index (χ4v) is 2.50. The fraction of sp³-hybridized carbons (Fsp3) is 0.500. The highest BCUT2D eigenvalue weighted by atomic mass is 19.4. The van der Waals surface area contributed by atoms with E-state index in [-0.39, 0.29) is 0 Å². The third-order valence-corrected chi connectivity index (χ3v) is 3.55. The van der Waals surface area contributed by atoms with E-state index in [4.69, 9.17) is 5.11 Å². The van der Waals surface area contributed by atoms with Gasteiger partial charge in [-0.25, -0.2) is 0 Å². The highest BCUT2D eigenvalue weighted by molar-refractivity contribution is 5.72. The lowest BCUT2D eigenvalue weighted by Crippen LogP contribution is -2.41. The van der Waals surface area contributed by atoms with Gasteiger partial charge in [0.1, 0.15) is 0 Å². The summed E-state index contributed by atoms with van der Waals surface area (Å²) in [5, 5.41) is 8.81. The molecule has 2 rings (SSSR count). The third kappa shape index (κ3) is 3.23. The maximum atomic E-state index is 12.8. The Balaban J connectivity index is 2.26. The topological polar surface area (TPSA) is 40.5 Å². The molecule has 6 heteroatoms. The number of benzene rings is 1. The Bertz CT molecular complexity index is 488. The van der Waals surface area contributed by atoms with Gasteiger partial charge < -0.3 is 10.0 Å². The Kier molecular flexibility index (Phi) is 4.20. The Labute approximate surface area is 115 Å². The van der Waals surface area contributed by atoms with Crippen LogP contribution in [0.3, 0.4) is 0 Å². The Morgan fingerprint density at radius 1 is 1.30 bits per heavy atom. The number of para-hydroxylation sites is 1. The van der Waals surface area contributed by atoms with Gasteiger partial charge in [-0.3, -0.25) is 4.79 Å². The van der Waals surface area contributed by atoms with Gasteiger partial charge in [-0.05, 0) is 30.9 Å². The van der Waals surface area contributed by atoms with Crippen LogP contribution in [0.25, 0.3) is 0 Å². The SMILES string of the molecule is O=C(O)C(CN1CCCCc2ccccc21)C(F)(F)F. The van der Waals surface area contributed by atoms with Crippen molar-refractivity contribution in [3.63, 3.8) is 0 Å². The molecule has 1 atom stereocenters. The van der Waals surface area contributed by atoms with Crippen LogP contribution in [0.4, 0.5) is 18.9 Å². The second kappa shape index (κ2) is 5.73. The number of rotatable bonds is 3. The summed E-state index contributed by atoms with van der Waals surface area (Å²) in [7, 11) is 0. The first-order valence-electron chi connectivity index (χ1n) is 6.52. The first kappa shape index (κ1) is 14.7. The number of halogens is 3. The molecule has 1 aromatic rings. The van der Waals surface area contributed by atoms with Crippen molar-refractivity contribution in [2.24, 2.45) is 5.92 Å². The molecule has 1 heterocycles. The molecule has 0 amide bonds. The lowest BCUT2D eigenvalue weighted by atomic mass is 10.1. The van der Waals surface area contributed by atoms with Crippen LogP contribution in [0.5, 0.6) is 0 Å². The second-order valence-electron chi connectivity index (χ2n) is 4.96. The van der Waals surface area contributed by atoms with E-state index in [0.717, 1.165) is 30.5 Å². The van der Waals surface area contributed by atoms with Gasteiger partial charge in [-0.15, -0.1) is 0 Å². The van der Waals surface area contributed by atoms with Crippen LogP contribution < -0.4 is 4.90 Å². The molecule has 0 aliphatic carbocycles. The number of carboxylic acid groups (broad SMARTS) is 1. The summed E-state index contributed by atoms with van der Waals surface area (Å²) in [6.07, 6.45) is -2.25. The number of anilines is 1. The third-order valence-electron chi connectivity index (χ3n) is 3.55. The smallest absolute Gasteiger partial charge is 0.403 e. The van der Waals surface area contributed by atoms with E-state index >= 15 is 0 Å². The van der Waals surface area contributed by atoms with Crippen molar-refractivity contribution in [1.29, 1.82) is 0 Å². The normalized spacial score (nSPS) is 17.2. The van der Waals surface area contributed by atoms with Gasteiger partial charge in [0.15, 0.2) is 5.92 Å². The van der Waals surface area contributed by atoms with Crippen molar-refractivity contribution in [2.75, 3.05) is 18.0 Å². The fourth-order valence-electron chi connectivity index (χ4n) is 2.50. The molecule has 1 aliphatic rings. The molecular formula is C14H16F3NO2. The number of fused-ring (bicyclic) bond motifs is 1. The molecule has 1 aliphatic heterocycles. The maximum absolute atomic E-state index is 12.8. The van der Waals surface area contributed by atoms with Gasteiger partial charge in [0.2, 0.25) is 0 Å². The van der Waals surface area contributed by atoms with Gasteiger partial charge in [-0.1, -0.05) is 18.2 Å². The molecule has 1 N–H and O–H groups in total. The Morgan fingerprint density at radius 2 is 2.00 bits per heavy atom. The summed E-state index contributed by atoms with van der Waals surface area (Å²) < 4.78 is 38.4. The molecule has 0 saturated carbocycles. The number of aliphatic carboxylic acids is 1. The predicted molar refractivity (Wildman–Crippen MR) is 68.8 cm³/mol. The number of carbonyl (C=O) groups is 1. The molecule has 0 aromatic heterocycles. The monoisotopic (exact) mass is 287 g/mol. The number of hydrogen-bond acceptors (Lipinski definition) is 2. The molecule has 110 valence electrons. The molecule has 1 aromatic carbocycles. The average Bonchev–Trinajstić information content (AvgIpc) is 2.56. The quantitative estimate of drug-likeness (QED) is 0.928. The van der Waals surface area contributed by atoms with Crippen molar-refractivity contribution in [2.45, 2.75) is 25.4 Å². The first-order valence-corrected chi connectivity index (χ1v) is 6.52. The molecule has 20 heavy (non-hydrogen) atoms. The predicted octanol–water partition coefficient (Wildman–Crippen LogP) is 3.09. The average molecular weight is 287 g/mol. The maximum Gasteiger partial charge on any atom is 0.403 e. The van der Waals surface area contributed by atoms with E-state index < -0.39 is 24.6 Å². The molecular weight excluding hydrogens is 271 g/mol. The summed E-state index contributed by atoms with van der Waals surface area (Å²) in [6.45, 7) is -0.0767. The minimum atomic E-state index is -4.73. The van der Waals surface area contributed by atoms with E-state index in [0.29, 0.717) is 6.54 Å². The minimum Gasteiger partial charge on any atom is -0.481 e. The molecule has 0 bridgehead atoms. The Morgan fingerprint density at radius 3 is 2.65 bits per heavy atom. The van der Waals surface area contributed by atoms with E-state index in [1.165, 1.54) is 0 Å². The number of alkyl halides is 3. The van der Waals surface area contributed by atoms with Gasteiger partial charge in [-0.2, -0.15) is 13.2 Å². The lowest BCUT2D eigenvalue weighted by Gasteiger charge is -2.28. The molecule has 1 unspecified atom stereocenters. The van der Waals surface area contributed by atoms with Gasteiger partial charge in [0.25, 0.3) is 0 Å². The summed E-state index contributed by atoms with van der Waals surface area (Å²) in [5.74, 6) is -4.17. The number of carboxylic acids is 1. The largest absolute Gasteiger partial charge is 0.481 e.